The molecule has 1 nitrogen and oxygen atoms in total. The first-order chi connectivity index (χ1) is 9.33. The zero-order valence-electron chi connectivity index (χ0n) is 13.2. The maximum absolute atomic E-state index is 14.4. The number of aliphatic hydroxyl groups is 1. The van der Waals surface area contributed by atoms with Crippen molar-refractivity contribution in [1.29, 1.82) is 0 Å². The van der Waals surface area contributed by atoms with E-state index in [1.165, 1.54) is 0 Å². The van der Waals surface area contributed by atoms with Crippen LogP contribution in [0.15, 0.2) is 12.1 Å². The second-order valence-electron chi connectivity index (χ2n) is 6.91. The van der Waals surface area contributed by atoms with Crippen LogP contribution in [0.4, 0.5) is 4.39 Å². The van der Waals surface area contributed by atoms with Gasteiger partial charge in [0.1, 0.15) is 5.82 Å². The van der Waals surface area contributed by atoms with Gasteiger partial charge in [-0.15, -0.1) is 0 Å². The predicted molar refractivity (Wildman–Crippen MR) is 81.2 cm³/mol. The summed E-state index contributed by atoms with van der Waals surface area (Å²) in [5.41, 5.74) is 1.35. The van der Waals surface area contributed by atoms with Gasteiger partial charge in [-0.3, -0.25) is 0 Å². The fourth-order valence-corrected chi connectivity index (χ4v) is 3.77. The molecule has 1 N–H and O–H groups in total. The fraction of sp³-hybridized carbons (Fsp3) is 0.667. The van der Waals surface area contributed by atoms with Crippen LogP contribution in [0.1, 0.15) is 62.6 Å². The average molecular weight is 278 g/mol. The Bertz CT molecular complexity index is 457. The second kappa shape index (κ2) is 5.85. The molecule has 0 aliphatic heterocycles. The largest absolute Gasteiger partial charge is 0.385 e. The summed E-state index contributed by atoms with van der Waals surface area (Å²) in [5.74, 6) is 1.05. The van der Waals surface area contributed by atoms with Gasteiger partial charge >= 0.3 is 0 Å². The molecule has 0 spiro atoms. The molecule has 1 aromatic rings. The van der Waals surface area contributed by atoms with Gasteiger partial charge in [0.2, 0.25) is 0 Å². The molecule has 112 valence electrons. The van der Waals surface area contributed by atoms with Crippen molar-refractivity contribution in [1.82, 2.24) is 0 Å². The number of benzene rings is 1. The Morgan fingerprint density at radius 1 is 1.20 bits per heavy atom. The smallest absolute Gasteiger partial charge is 0.129 e. The molecule has 2 rings (SSSR count). The molecule has 0 saturated heterocycles. The van der Waals surface area contributed by atoms with Gasteiger partial charge in [0.15, 0.2) is 0 Å². The zero-order valence-corrected chi connectivity index (χ0v) is 13.2. The maximum Gasteiger partial charge on any atom is 0.129 e. The maximum atomic E-state index is 14.4. The number of aryl methyl sites for hydroxylation is 2. The molecule has 2 heteroatoms. The first-order valence-corrected chi connectivity index (χ1v) is 7.83. The Hall–Kier alpha value is -0.890. The molecule has 1 aliphatic rings. The Labute approximate surface area is 122 Å². The van der Waals surface area contributed by atoms with Gasteiger partial charge < -0.3 is 5.11 Å². The third-order valence-corrected chi connectivity index (χ3v) is 4.93. The Kier molecular flexibility index (Phi) is 4.53. The highest BCUT2D eigenvalue weighted by atomic mass is 19.1. The highest BCUT2D eigenvalue weighted by Crippen LogP contribution is 2.42. The fourth-order valence-electron chi connectivity index (χ4n) is 3.77. The van der Waals surface area contributed by atoms with Crippen LogP contribution in [-0.2, 0) is 5.60 Å². The molecule has 0 bridgehead atoms. The van der Waals surface area contributed by atoms with Crippen LogP contribution < -0.4 is 0 Å². The molecular formula is C18H27FO. The minimum atomic E-state index is -0.981. The highest BCUT2D eigenvalue weighted by molar-refractivity contribution is 5.36. The number of halogens is 1. The molecule has 2 atom stereocenters. The van der Waals surface area contributed by atoms with Crippen molar-refractivity contribution in [2.45, 2.75) is 65.4 Å². The van der Waals surface area contributed by atoms with Crippen LogP contribution in [0.25, 0.3) is 0 Å². The summed E-state index contributed by atoms with van der Waals surface area (Å²) in [6, 6.07) is 3.52. The van der Waals surface area contributed by atoms with Crippen molar-refractivity contribution in [3.63, 3.8) is 0 Å². The monoisotopic (exact) mass is 278 g/mol. The Morgan fingerprint density at radius 3 is 2.50 bits per heavy atom. The lowest BCUT2D eigenvalue weighted by molar-refractivity contribution is 0.0151. The summed E-state index contributed by atoms with van der Waals surface area (Å²) >= 11 is 0. The van der Waals surface area contributed by atoms with Crippen molar-refractivity contribution in [2.24, 2.45) is 11.8 Å². The molecule has 1 aromatic carbocycles. The Morgan fingerprint density at radius 2 is 1.90 bits per heavy atom. The molecule has 20 heavy (non-hydrogen) atoms. The zero-order chi connectivity index (χ0) is 14.9. The topological polar surface area (TPSA) is 20.2 Å². The van der Waals surface area contributed by atoms with E-state index in [1.54, 1.807) is 6.07 Å². The van der Waals surface area contributed by atoms with Crippen molar-refractivity contribution >= 4 is 0 Å². The van der Waals surface area contributed by atoms with Crippen molar-refractivity contribution < 1.29 is 9.50 Å². The number of rotatable bonds is 2. The van der Waals surface area contributed by atoms with Crippen LogP contribution >= 0.6 is 0 Å². The average Bonchev–Trinajstić information content (AvgIpc) is 2.50. The minimum Gasteiger partial charge on any atom is -0.385 e. The molecule has 1 fully saturated rings. The lowest BCUT2D eigenvalue weighted by atomic mass is 9.82. The van der Waals surface area contributed by atoms with Crippen LogP contribution in [0.5, 0.6) is 0 Å². The van der Waals surface area contributed by atoms with Gasteiger partial charge in [-0.05, 0) is 68.6 Å². The molecule has 0 aromatic heterocycles. The summed E-state index contributed by atoms with van der Waals surface area (Å²) < 4.78 is 14.4. The third kappa shape index (κ3) is 3.06. The van der Waals surface area contributed by atoms with Crippen LogP contribution in [0.3, 0.4) is 0 Å². The standard InChI is InChI=1S/C18H27FO/c1-12(2)15-6-5-8-18(20,9-7-15)17-14(4)10-13(3)11-16(17)19/h10-12,15,20H,5-9H2,1-4H3. The molecule has 2 unspecified atom stereocenters. The normalized spacial score (nSPS) is 27.6. The summed E-state index contributed by atoms with van der Waals surface area (Å²) in [6.07, 6.45) is 4.47. The summed E-state index contributed by atoms with van der Waals surface area (Å²) in [7, 11) is 0. The van der Waals surface area contributed by atoms with E-state index >= 15 is 0 Å². The minimum absolute atomic E-state index is 0.243. The first kappa shape index (κ1) is 15.5. The van der Waals surface area contributed by atoms with Crippen molar-refractivity contribution in [2.75, 3.05) is 0 Å². The molecule has 1 aliphatic carbocycles. The van der Waals surface area contributed by atoms with E-state index in [0.29, 0.717) is 30.2 Å². The Balaban J connectivity index is 2.31. The van der Waals surface area contributed by atoms with E-state index in [-0.39, 0.29) is 5.82 Å². The third-order valence-electron chi connectivity index (χ3n) is 4.93. The van der Waals surface area contributed by atoms with Crippen molar-refractivity contribution in [3.8, 4) is 0 Å². The highest BCUT2D eigenvalue weighted by Gasteiger charge is 2.36. The first-order valence-electron chi connectivity index (χ1n) is 7.83. The van der Waals surface area contributed by atoms with Crippen LogP contribution in [0.2, 0.25) is 0 Å². The SMILES string of the molecule is Cc1cc(C)c(C2(O)CCCC(C(C)C)CC2)c(F)c1. The van der Waals surface area contributed by atoms with E-state index in [1.807, 2.05) is 19.9 Å². The number of hydrogen-bond donors (Lipinski definition) is 1. The molecular weight excluding hydrogens is 251 g/mol. The van der Waals surface area contributed by atoms with Gasteiger partial charge in [0.05, 0.1) is 5.60 Å². The lowest BCUT2D eigenvalue weighted by Crippen LogP contribution is -2.27. The molecule has 0 heterocycles. The second-order valence-corrected chi connectivity index (χ2v) is 6.91. The summed E-state index contributed by atoms with van der Waals surface area (Å²) in [4.78, 5) is 0. The van der Waals surface area contributed by atoms with E-state index in [2.05, 4.69) is 13.8 Å². The van der Waals surface area contributed by atoms with E-state index in [9.17, 15) is 9.50 Å². The quantitative estimate of drug-likeness (QED) is 0.765. The van der Waals surface area contributed by atoms with Gasteiger partial charge in [-0.25, -0.2) is 4.39 Å². The van der Waals surface area contributed by atoms with E-state index < -0.39 is 5.60 Å². The van der Waals surface area contributed by atoms with Gasteiger partial charge in [0, 0.05) is 5.56 Å². The molecule has 1 saturated carbocycles. The van der Waals surface area contributed by atoms with Gasteiger partial charge in [0.25, 0.3) is 0 Å². The van der Waals surface area contributed by atoms with E-state index in [4.69, 9.17) is 0 Å². The predicted octanol–water partition coefficient (Wildman–Crippen LogP) is 4.87. The lowest BCUT2D eigenvalue weighted by Gasteiger charge is -2.30. The van der Waals surface area contributed by atoms with E-state index in [0.717, 1.165) is 30.4 Å². The number of hydrogen-bond acceptors (Lipinski definition) is 1. The van der Waals surface area contributed by atoms with Crippen molar-refractivity contribution in [3.05, 3.63) is 34.6 Å². The van der Waals surface area contributed by atoms with Gasteiger partial charge in [-0.1, -0.05) is 26.3 Å². The molecule has 0 radical (unpaired) electrons. The van der Waals surface area contributed by atoms with Crippen LogP contribution in [0, 0.1) is 31.5 Å². The molecule has 0 amide bonds. The van der Waals surface area contributed by atoms with Gasteiger partial charge in [-0.2, -0.15) is 0 Å². The van der Waals surface area contributed by atoms with Crippen LogP contribution in [-0.4, -0.2) is 5.11 Å². The summed E-state index contributed by atoms with van der Waals surface area (Å²) in [6.45, 7) is 8.29. The summed E-state index contributed by atoms with van der Waals surface area (Å²) in [5, 5.41) is 11.0.